The van der Waals surface area contributed by atoms with E-state index in [9.17, 15) is 4.79 Å². The minimum absolute atomic E-state index is 0.0252. The Hall–Kier alpha value is -1.54. The molecule has 0 radical (unpaired) electrons. The average molecular weight is 349 g/mol. The molecule has 0 spiro atoms. The quantitative estimate of drug-likeness (QED) is 0.623. The first-order valence-corrected chi connectivity index (χ1v) is 9.12. The molecule has 122 valence electrons. The number of nitrogens with zero attached hydrogens (tertiary/aromatic N) is 5. The summed E-state index contributed by atoms with van der Waals surface area (Å²) >= 11 is 2.89. The second-order valence-electron chi connectivity index (χ2n) is 6.54. The molecule has 0 saturated heterocycles. The van der Waals surface area contributed by atoms with Crippen LogP contribution in [0.1, 0.15) is 46.4 Å². The predicted octanol–water partition coefficient (Wildman–Crippen LogP) is 3.29. The SMILES string of the molecule is CC(=O)N(c1nnc(Sc2ccnc(C(C)(C)C)n2)s1)C1CC1. The van der Waals surface area contributed by atoms with Crippen LogP contribution in [0.4, 0.5) is 5.13 Å². The van der Waals surface area contributed by atoms with Crippen molar-refractivity contribution in [1.82, 2.24) is 20.2 Å². The summed E-state index contributed by atoms with van der Waals surface area (Å²) in [5.41, 5.74) is -0.0970. The van der Waals surface area contributed by atoms with Gasteiger partial charge in [-0.2, -0.15) is 0 Å². The smallest absolute Gasteiger partial charge is 0.225 e. The molecule has 8 heteroatoms. The maximum atomic E-state index is 11.8. The Morgan fingerprint density at radius 2 is 2.09 bits per heavy atom. The van der Waals surface area contributed by atoms with E-state index in [1.54, 1.807) is 18.0 Å². The standard InChI is InChI=1S/C15H19N5OS2/c1-9(21)20(10-5-6-10)13-18-19-14(23-13)22-11-7-8-16-12(17-11)15(2,3)4/h7-8,10H,5-6H2,1-4H3. The summed E-state index contributed by atoms with van der Waals surface area (Å²) in [4.78, 5) is 22.5. The van der Waals surface area contributed by atoms with Crippen LogP contribution in [-0.4, -0.2) is 32.1 Å². The van der Waals surface area contributed by atoms with Gasteiger partial charge in [-0.25, -0.2) is 9.97 Å². The molecule has 3 rings (SSSR count). The van der Waals surface area contributed by atoms with E-state index in [4.69, 9.17) is 0 Å². The topological polar surface area (TPSA) is 71.9 Å². The van der Waals surface area contributed by atoms with Crippen LogP contribution in [0.25, 0.3) is 0 Å². The largest absolute Gasteiger partial charge is 0.284 e. The van der Waals surface area contributed by atoms with E-state index in [2.05, 4.69) is 40.9 Å². The highest BCUT2D eigenvalue weighted by Gasteiger charge is 2.34. The van der Waals surface area contributed by atoms with E-state index in [1.165, 1.54) is 23.1 Å². The lowest BCUT2D eigenvalue weighted by Crippen LogP contribution is -2.30. The van der Waals surface area contributed by atoms with Crippen LogP contribution >= 0.6 is 23.1 Å². The summed E-state index contributed by atoms with van der Waals surface area (Å²) in [5.74, 6) is 0.827. The Balaban J connectivity index is 1.78. The second-order valence-corrected chi connectivity index (χ2v) is 8.76. The van der Waals surface area contributed by atoms with Crippen LogP contribution in [0.15, 0.2) is 21.6 Å². The van der Waals surface area contributed by atoms with Crippen molar-refractivity contribution < 1.29 is 4.79 Å². The molecule has 23 heavy (non-hydrogen) atoms. The summed E-state index contributed by atoms with van der Waals surface area (Å²) in [5, 5.41) is 9.88. The first kappa shape index (κ1) is 16.3. The Kier molecular flexibility index (Phi) is 4.37. The van der Waals surface area contributed by atoms with Gasteiger partial charge in [0.2, 0.25) is 11.0 Å². The number of carbonyl (C=O) groups is 1. The zero-order chi connectivity index (χ0) is 16.6. The van der Waals surface area contributed by atoms with Crippen LogP contribution in [-0.2, 0) is 10.2 Å². The normalized spacial score (nSPS) is 14.8. The maximum Gasteiger partial charge on any atom is 0.225 e. The lowest BCUT2D eigenvalue weighted by atomic mass is 9.96. The van der Waals surface area contributed by atoms with Gasteiger partial charge in [0, 0.05) is 24.6 Å². The lowest BCUT2D eigenvalue weighted by Gasteiger charge is -2.16. The van der Waals surface area contributed by atoms with Crippen molar-refractivity contribution in [3.8, 4) is 0 Å². The van der Waals surface area contributed by atoms with Crippen molar-refractivity contribution >= 4 is 34.1 Å². The van der Waals surface area contributed by atoms with Gasteiger partial charge in [-0.3, -0.25) is 9.69 Å². The summed E-state index contributed by atoms with van der Waals surface area (Å²) in [7, 11) is 0. The minimum Gasteiger partial charge on any atom is -0.284 e. The van der Waals surface area contributed by atoms with Gasteiger partial charge < -0.3 is 0 Å². The molecule has 0 bridgehead atoms. The minimum atomic E-state index is -0.0970. The number of carbonyl (C=O) groups excluding carboxylic acids is 1. The average Bonchev–Trinajstić information content (AvgIpc) is 3.18. The fraction of sp³-hybridized carbons (Fsp3) is 0.533. The molecule has 2 heterocycles. The van der Waals surface area contributed by atoms with Crippen molar-refractivity contribution in [2.45, 2.75) is 61.4 Å². The predicted molar refractivity (Wildman–Crippen MR) is 90.9 cm³/mol. The molecular formula is C15H19N5OS2. The summed E-state index contributed by atoms with van der Waals surface area (Å²) in [6.45, 7) is 7.83. The molecule has 1 amide bonds. The van der Waals surface area contributed by atoms with E-state index in [1.807, 2.05) is 6.07 Å². The Labute approximate surface area is 143 Å². The van der Waals surface area contributed by atoms with Gasteiger partial charge in [-0.15, -0.1) is 10.2 Å². The molecule has 2 aromatic rings. The van der Waals surface area contributed by atoms with Gasteiger partial charge in [-0.05, 0) is 30.7 Å². The molecule has 0 aliphatic heterocycles. The number of hydrogen-bond donors (Lipinski definition) is 0. The summed E-state index contributed by atoms with van der Waals surface area (Å²) in [6.07, 6.45) is 3.86. The van der Waals surface area contributed by atoms with Gasteiger partial charge >= 0.3 is 0 Å². The Morgan fingerprint density at radius 3 is 2.70 bits per heavy atom. The second kappa shape index (κ2) is 6.16. The summed E-state index contributed by atoms with van der Waals surface area (Å²) < 4.78 is 0.783. The third kappa shape index (κ3) is 3.87. The van der Waals surface area contributed by atoms with Crippen LogP contribution in [0, 0.1) is 0 Å². The monoisotopic (exact) mass is 349 g/mol. The number of amides is 1. The zero-order valence-electron chi connectivity index (χ0n) is 13.6. The van der Waals surface area contributed by atoms with Crippen LogP contribution in [0.2, 0.25) is 0 Å². The molecule has 6 nitrogen and oxygen atoms in total. The van der Waals surface area contributed by atoms with Crippen molar-refractivity contribution in [2.75, 3.05) is 4.90 Å². The third-order valence-corrected chi connectivity index (χ3v) is 5.26. The number of aromatic nitrogens is 4. The lowest BCUT2D eigenvalue weighted by molar-refractivity contribution is -0.116. The van der Waals surface area contributed by atoms with E-state index >= 15 is 0 Å². The van der Waals surface area contributed by atoms with E-state index in [0.29, 0.717) is 11.2 Å². The molecule has 0 atom stereocenters. The van der Waals surface area contributed by atoms with Gasteiger partial charge in [0.15, 0.2) is 4.34 Å². The highest BCUT2D eigenvalue weighted by molar-refractivity contribution is 8.01. The molecular weight excluding hydrogens is 330 g/mol. The Morgan fingerprint density at radius 1 is 1.35 bits per heavy atom. The van der Waals surface area contributed by atoms with Crippen LogP contribution in [0.3, 0.4) is 0 Å². The number of hydrogen-bond acceptors (Lipinski definition) is 7. The summed E-state index contributed by atoms with van der Waals surface area (Å²) in [6, 6.07) is 2.16. The Bertz CT molecular complexity index is 721. The van der Waals surface area contributed by atoms with Gasteiger partial charge in [0.25, 0.3) is 0 Å². The highest BCUT2D eigenvalue weighted by atomic mass is 32.2. The fourth-order valence-electron chi connectivity index (χ4n) is 2.07. The molecule has 0 aromatic carbocycles. The highest BCUT2D eigenvalue weighted by Crippen LogP contribution is 2.37. The number of anilines is 1. The molecule has 0 N–H and O–H groups in total. The molecule has 1 aliphatic rings. The molecule has 1 saturated carbocycles. The zero-order valence-corrected chi connectivity index (χ0v) is 15.2. The van der Waals surface area contributed by atoms with E-state index < -0.39 is 0 Å². The first-order valence-electron chi connectivity index (χ1n) is 7.49. The van der Waals surface area contributed by atoms with E-state index in [-0.39, 0.29) is 11.3 Å². The van der Waals surface area contributed by atoms with Gasteiger partial charge in [0.05, 0.1) is 0 Å². The van der Waals surface area contributed by atoms with E-state index in [0.717, 1.165) is 28.0 Å². The van der Waals surface area contributed by atoms with Crippen molar-refractivity contribution in [1.29, 1.82) is 0 Å². The molecule has 1 aliphatic carbocycles. The van der Waals surface area contributed by atoms with Crippen molar-refractivity contribution in [2.24, 2.45) is 0 Å². The van der Waals surface area contributed by atoms with Gasteiger partial charge in [0.1, 0.15) is 10.9 Å². The van der Waals surface area contributed by atoms with Crippen LogP contribution in [0.5, 0.6) is 0 Å². The van der Waals surface area contributed by atoms with Gasteiger partial charge in [-0.1, -0.05) is 32.1 Å². The fourth-order valence-corrected chi connectivity index (χ4v) is 3.94. The molecule has 2 aromatic heterocycles. The molecule has 0 unspecified atom stereocenters. The third-order valence-electron chi connectivity index (χ3n) is 3.35. The maximum absolute atomic E-state index is 11.8. The first-order chi connectivity index (χ1) is 10.8. The van der Waals surface area contributed by atoms with Crippen molar-refractivity contribution in [3.63, 3.8) is 0 Å². The van der Waals surface area contributed by atoms with Crippen LogP contribution < -0.4 is 4.90 Å². The van der Waals surface area contributed by atoms with Crippen molar-refractivity contribution in [3.05, 3.63) is 18.1 Å². The number of rotatable bonds is 4. The molecule has 1 fully saturated rings.